The van der Waals surface area contributed by atoms with Crippen LogP contribution in [0.15, 0.2) is 46.7 Å². The fourth-order valence-corrected chi connectivity index (χ4v) is 5.74. The minimum absolute atomic E-state index is 0.0576. The highest BCUT2D eigenvalue weighted by Crippen LogP contribution is 2.37. The molecule has 0 radical (unpaired) electrons. The minimum Gasteiger partial charge on any atom is -0.339 e. The summed E-state index contributed by atoms with van der Waals surface area (Å²) in [5, 5.41) is 11.8. The van der Waals surface area contributed by atoms with Gasteiger partial charge in [0.15, 0.2) is 5.16 Å². The number of piperazine rings is 1. The van der Waals surface area contributed by atoms with Gasteiger partial charge < -0.3 is 9.47 Å². The molecule has 2 aliphatic rings. The van der Waals surface area contributed by atoms with E-state index in [1.54, 1.807) is 11.1 Å². The van der Waals surface area contributed by atoms with Crippen molar-refractivity contribution in [2.24, 2.45) is 0 Å². The summed E-state index contributed by atoms with van der Waals surface area (Å²) >= 11 is 1.40. The van der Waals surface area contributed by atoms with Gasteiger partial charge in [-0.25, -0.2) is 13.4 Å². The molecule has 2 heterocycles. The Morgan fingerprint density at radius 3 is 2.63 bits per heavy atom. The first-order valence-corrected chi connectivity index (χ1v) is 12.0. The van der Waals surface area contributed by atoms with Crippen LogP contribution in [0.4, 0.5) is 5.69 Å². The van der Waals surface area contributed by atoms with Crippen molar-refractivity contribution in [1.82, 2.24) is 18.8 Å². The zero-order chi connectivity index (χ0) is 21.3. The summed E-state index contributed by atoms with van der Waals surface area (Å²) in [7, 11) is -3.85. The number of hydrogen-bond acceptors (Lipinski definition) is 7. The van der Waals surface area contributed by atoms with Crippen LogP contribution in [0.1, 0.15) is 18.9 Å². The molecule has 0 atom stereocenters. The molecule has 2 fully saturated rings. The lowest BCUT2D eigenvalue weighted by Gasteiger charge is -2.34. The summed E-state index contributed by atoms with van der Waals surface area (Å²) < 4.78 is 29.0. The minimum atomic E-state index is -3.85. The molecule has 30 heavy (non-hydrogen) atoms. The Morgan fingerprint density at radius 1 is 1.23 bits per heavy atom. The Morgan fingerprint density at radius 2 is 1.97 bits per heavy atom. The second-order valence-electron chi connectivity index (χ2n) is 7.18. The highest BCUT2D eigenvalue weighted by atomic mass is 32.2. The topological polar surface area (TPSA) is 119 Å². The summed E-state index contributed by atoms with van der Waals surface area (Å²) in [6, 6.07) is 5.51. The van der Waals surface area contributed by atoms with E-state index in [-0.39, 0.29) is 48.4 Å². The number of carbonyl (C=O) groups excluding carboxylic acids is 1. The van der Waals surface area contributed by atoms with Crippen molar-refractivity contribution >= 4 is 33.4 Å². The lowest BCUT2D eigenvalue weighted by Crippen LogP contribution is -2.51. The van der Waals surface area contributed by atoms with Gasteiger partial charge in [0.05, 0.1) is 15.6 Å². The highest BCUT2D eigenvalue weighted by molar-refractivity contribution is 7.99. The molecule has 0 bridgehead atoms. The standard InChI is InChI=1S/C18H21N5O5S2/c24-17(13-29-18-19-6-7-22(18)14-4-5-14)20-8-10-21(11-9-20)30(27,28)16-3-1-2-15(12-16)23(25)26/h1-3,6-7,12,14H,4-5,8-11,13H2. The van der Waals surface area contributed by atoms with Gasteiger partial charge in [-0.1, -0.05) is 17.8 Å². The van der Waals surface area contributed by atoms with E-state index in [9.17, 15) is 23.3 Å². The van der Waals surface area contributed by atoms with Crippen LogP contribution in [0.3, 0.4) is 0 Å². The van der Waals surface area contributed by atoms with E-state index in [2.05, 4.69) is 9.55 Å². The maximum Gasteiger partial charge on any atom is 0.270 e. The van der Waals surface area contributed by atoms with Gasteiger partial charge in [0.1, 0.15) is 0 Å². The Labute approximate surface area is 178 Å². The molecular weight excluding hydrogens is 430 g/mol. The summed E-state index contributed by atoms with van der Waals surface area (Å²) in [6.07, 6.45) is 5.95. The van der Waals surface area contributed by atoms with Crippen LogP contribution in [-0.4, -0.2) is 69.9 Å². The van der Waals surface area contributed by atoms with E-state index >= 15 is 0 Å². The van der Waals surface area contributed by atoms with Crippen molar-refractivity contribution in [1.29, 1.82) is 0 Å². The van der Waals surface area contributed by atoms with E-state index in [1.165, 1.54) is 34.3 Å². The second-order valence-corrected chi connectivity index (χ2v) is 10.1. The summed E-state index contributed by atoms with van der Waals surface area (Å²) in [6.45, 7) is 0.867. The fraction of sp³-hybridized carbons (Fsp3) is 0.444. The Kier molecular flexibility index (Phi) is 5.80. The van der Waals surface area contributed by atoms with Crippen LogP contribution in [0, 0.1) is 10.1 Å². The molecule has 1 aromatic carbocycles. The monoisotopic (exact) mass is 451 g/mol. The molecule has 1 amide bonds. The third kappa shape index (κ3) is 4.35. The molecule has 2 aromatic rings. The second kappa shape index (κ2) is 8.36. The molecule has 0 N–H and O–H groups in total. The lowest BCUT2D eigenvalue weighted by atomic mass is 10.3. The fourth-order valence-electron chi connectivity index (χ4n) is 3.34. The number of rotatable bonds is 7. The number of amides is 1. The van der Waals surface area contributed by atoms with Crippen molar-refractivity contribution in [2.45, 2.75) is 28.9 Å². The summed E-state index contributed by atoms with van der Waals surface area (Å²) in [5.74, 6) is 0.194. The number of non-ortho nitro benzene ring substituents is 1. The first-order valence-electron chi connectivity index (χ1n) is 9.54. The molecule has 1 saturated carbocycles. The largest absolute Gasteiger partial charge is 0.339 e. The summed E-state index contributed by atoms with van der Waals surface area (Å²) in [5.41, 5.74) is -0.272. The van der Waals surface area contributed by atoms with Crippen LogP contribution in [-0.2, 0) is 14.8 Å². The Balaban J connectivity index is 1.33. The number of nitro groups is 1. The first-order chi connectivity index (χ1) is 14.4. The van der Waals surface area contributed by atoms with Gasteiger partial charge in [0, 0.05) is 56.7 Å². The van der Waals surface area contributed by atoms with E-state index in [4.69, 9.17) is 0 Å². The number of nitro benzene ring substituents is 1. The summed E-state index contributed by atoms with van der Waals surface area (Å²) in [4.78, 5) is 28.7. The Bertz CT molecular complexity index is 1060. The number of hydrogen-bond donors (Lipinski definition) is 0. The van der Waals surface area contributed by atoms with E-state index in [0.29, 0.717) is 6.04 Å². The zero-order valence-electron chi connectivity index (χ0n) is 16.1. The quantitative estimate of drug-likeness (QED) is 0.357. The van der Waals surface area contributed by atoms with Gasteiger partial charge in [-0.2, -0.15) is 4.31 Å². The molecule has 1 aliphatic heterocycles. The van der Waals surface area contributed by atoms with Crippen molar-refractivity contribution in [3.05, 3.63) is 46.8 Å². The van der Waals surface area contributed by atoms with Gasteiger partial charge in [0.2, 0.25) is 15.9 Å². The predicted molar refractivity (Wildman–Crippen MR) is 110 cm³/mol. The van der Waals surface area contributed by atoms with Crippen molar-refractivity contribution in [3.8, 4) is 0 Å². The van der Waals surface area contributed by atoms with Crippen LogP contribution >= 0.6 is 11.8 Å². The normalized spacial score (nSPS) is 17.8. The molecule has 0 unspecified atom stereocenters. The van der Waals surface area contributed by atoms with Crippen LogP contribution in [0.5, 0.6) is 0 Å². The van der Waals surface area contributed by atoms with Crippen LogP contribution in [0.2, 0.25) is 0 Å². The number of carbonyl (C=O) groups is 1. The highest BCUT2D eigenvalue weighted by Gasteiger charge is 2.31. The molecule has 1 aliphatic carbocycles. The first kappa shape index (κ1) is 20.8. The number of aromatic nitrogens is 2. The van der Waals surface area contributed by atoms with E-state index < -0.39 is 14.9 Å². The van der Waals surface area contributed by atoms with Crippen LogP contribution < -0.4 is 0 Å². The Hall–Kier alpha value is -2.44. The van der Waals surface area contributed by atoms with Crippen molar-refractivity contribution in [2.75, 3.05) is 31.9 Å². The third-order valence-electron chi connectivity index (χ3n) is 5.16. The average Bonchev–Trinajstić information content (AvgIpc) is 3.49. The lowest BCUT2D eigenvalue weighted by molar-refractivity contribution is -0.385. The maximum absolute atomic E-state index is 12.8. The SMILES string of the molecule is O=C(CSc1nccn1C1CC1)N1CCN(S(=O)(=O)c2cccc([N+](=O)[O-])c2)CC1. The van der Waals surface area contributed by atoms with Gasteiger partial charge in [-0.15, -0.1) is 0 Å². The number of imidazole rings is 1. The molecule has 10 nitrogen and oxygen atoms in total. The van der Waals surface area contributed by atoms with E-state index in [0.717, 1.165) is 24.1 Å². The van der Waals surface area contributed by atoms with Gasteiger partial charge >= 0.3 is 0 Å². The number of benzene rings is 1. The number of thioether (sulfide) groups is 1. The molecular formula is C18H21N5O5S2. The average molecular weight is 452 g/mol. The van der Waals surface area contributed by atoms with E-state index in [1.807, 2.05) is 6.20 Å². The number of sulfonamides is 1. The van der Waals surface area contributed by atoms with Crippen molar-refractivity contribution < 1.29 is 18.1 Å². The molecule has 1 aromatic heterocycles. The third-order valence-corrected chi connectivity index (χ3v) is 8.02. The molecule has 0 spiro atoms. The molecule has 160 valence electrons. The maximum atomic E-state index is 12.8. The van der Waals surface area contributed by atoms with Crippen LogP contribution in [0.25, 0.3) is 0 Å². The molecule has 1 saturated heterocycles. The number of nitrogens with zero attached hydrogens (tertiary/aromatic N) is 5. The smallest absolute Gasteiger partial charge is 0.270 e. The van der Waals surface area contributed by atoms with Gasteiger partial charge in [0.25, 0.3) is 5.69 Å². The van der Waals surface area contributed by atoms with Gasteiger partial charge in [-0.05, 0) is 18.9 Å². The molecule has 4 rings (SSSR count). The van der Waals surface area contributed by atoms with Crippen molar-refractivity contribution in [3.63, 3.8) is 0 Å². The van der Waals surface area contributed by atoms with Gasteiger partial charge in [-0.3, -0.25) is 14.9 Å². The predicted octanol–water partition coefficient (Wildman–Crippen LogP) is 1.75. The molecule has 12 heteroatoms. The zero-order valence-corrected chi connectivity index (χ0v) is 17.7.